The van der Waals surface area contributed by atoms with Gasteiger partial charge in [0.15, 0.2) is 0 Å². The average Bonchev–Trinajstić information content (AvgIpc) is 2.74. The summed E-state index contributed by atoms with van der Waals surface area (Å²) < 4.78 is 0. The molecule has 0 aliphatic carbocycles. The summed E-state index contributed by atoms with van der Waals surface area (Å²) in [5.41, 5.74) is 0.779. The van der Waals surface area contributed by atoms with Gasteiger partial charge >= 0.3 is 0 Å². The normalized spacial score (nSPS) is 18.8. The van der Waals surface area contributed by atoms with Gasteiger partial charge < -0.3 is 10.6 Å². The Balaban J connectivity index is 1.76. The van der Waals surface area contributed by atoms with Gasteiger partial charge in [-0.3, -0.25) is 14.9 Å². The lowest BCUT2D eigenvalue weighted by molar-refractivity contribution is -0.120. The van der Waals surface area contributed by atoms with Gasteiger partial charge in [0.05, 0.1) is 12.7 Å². The fraction of sp³-hybridized carbons (Fsp3) is 0.333. The molecule has 1 aromatic rings. The van der Waals surface area contributed by atoms with E-state index < -0.39 is 0 Å². The fourth-order valence-electron chi connectivity index (χ4n) is 1.73. The number of rotatable bonds is 4. The lowest BCUT2D eigenvalue weighted by Gasteiger charge is -2.08. The molecule has 1 aliphatic heterocycles. The topological polar surface area (TPSA) is 70.2 Å². The number of carbonyl (C=O) groups excluding carboxylic acids is 2. The van der Waals surface area contributed by atoms with Crippen molar-refractivity contribution in [3.63, 3.8) is 0 Å². The molecule has 1 aliphatic rings. The van der Waals surface area contributed by atoms with E-state index in [9.17, 15) is 9.59 Å². The van der Waals surface area contributed by atoms with Crippen molar-refractivity contribution < 1.29 is 9.59 Å². The molecular formula is C12H15N3O2. The molecule has 1 atom stereocenters. The van der Waals surface area contributed by atoms with Gasteiger partial charge in [-0.05, 0) is 18.6 Å². The SMILES string of the molecule is O=C(CCC1NCNC1=O)Nc1ccccc1. The zero-order valence-electron chi connectivity index (χ0n) is 9.40. The molecular weight excluding hydrogens is 218 g/mol. The van der Waals surface area contributed by atoms with Gasteiger partial charge in [-0.25, -0.2) is 0 Å². The standard InChI is InChI=1S/C12H15N3O2/c16-11(15-9-4-2-1-3-5-9)7-6-10-12(17)14-8-13-10/h1-5,10,13H,6-8H2,(H,14,17)(H,15,16). The number of para-hydroxylation sites is 1. The van der Waals surface area contributed by atoms with Crippen LogP contribution in [0.2, 0.25) is 0 Å². The summed E-state index contributed by atoms with van der Waals surface area (Å²) in [6.07, 6.45) is 0.852. The maximum absolute atomic E-state index is 11.6. The molecule has 1 fully saturated rings. The maximum atomic E-state index is 11.6. The predicted molar refractivity (Wildman–Crippen MR) is 64.2 cm³/mol. The molecule has 0 bridgehead atoms. The Bertz CT molecular complexity index is 405. The van der Waals surface area contributed by atoms with E-state index in [0.717, 1.165) is 5.69 Å². The molecule has 5 heteroatoms. The second-order valence-electron chi connectivity index (χ2n) is 3.93. The maximum Gasteiger partial charge on any atom is 0.238 e. The van der Waals surface area contributed by atoms with E-state index in [0.29, 0.717) is 19.5 Å². The van der Waals surface area contributed by atoms with E-state index in [2.05, 4.69) is 16.0 Å². The molecule has 3 N–H and O–H groups in total. The zero-order valence-corrected chi connectivity index (χ0v) is 9.40. The van der Waals surface area contributed by atoms with Crippen molar-refractivity contribution in [2.75, 3.05) is 12.0 Å². The Kier molecular flexibility index (Phi) is 3.72. The quantitative estimate of drug-likeness (QED) is 0.707. The Hall–Kier alpha value is -1.88. The number of benzene rings is 1. The second kappa shape index (κ2) is 5.45. The van der Waals surface area contributed by atoms with E-state index in [4.69, 9.17) is 0 Å². The summed E-state index contributed by atoms with van der Waals surface area (Å²) in [7, 11) is 0. The van der Waals surface area contributed by atoms with E-state index >= 15 is 0 Å². The highest BCUT2D eigenvalue weighted by Crippen LogP contribution is 2.07. The van der Waals surface area contributed by atoms with Gasteiger partial charge in [0.1, 0.15) is 0 Å². The fourth-order valence-corrected chi connectivity index (χ4v) is 1.73. The minimum atomic E-state index is -0.239. The lowest BCUT2D eigenvalue weighted by Crippen LogP contribution is -2.29. The molecule has 1 unspecified atom stereocenters. The van der Waals surface area contributed by atoms with Crippen molar-refractivity contribution in [1.29, 1.82) is 0 Å². The number of carbonyl (C=O) groups is 2. The van der Waals surface area contributed by atoms with E-state index in [1.807, 2.05) is 30.3 Å². The Morgan fingerprint density at radius 3 is 2.76 bits per heavy atom. The van der Waals surface area contributed by atoms with Crippen LogP contribution in [0.1, 0.15) is 12.8 Å². The van der Waals surface area contributed by atoms with Gasteiger partial charge in [-0.1, -0.05) is 18.2 Å². The highest BCUT2D eigenvalue weighted by atomic mass is 16.2. The number of amides is 2. The molecule has 2 amide bonds. The van der Waals surface area contributed by atoms with Gasteiger partial charge in [-0.15, -0.1) is 0 Å². The van der Waals surface area contributed by atoms with Crippen LogP contribution in [0.5, 0.6) is 0 Å². The molecule has 0 aromatic heterocycles. The molecule has 5 nitrogen and oxygen atoms in total. The van der Waals surface area contributed by atoms with Crippen LogP contribution in [0.4, 0.5) is 5.69 Å². The van der Waals surface area contributed by atoms with Gasteiger partial charge in [0.2, 0.25) is 11.8 Å². The summed E-state index contributed by atoms with van der Waals surface area (Å²) >= 11 is 0. The Labute approximate surface area is 99.6 Å². The monoisotopic (exact) mass is 233 g/mol. The molecule has 17 heavy (non-hydrogen) atoms. The average molecular weight is 233 g/mol. The van der Waals surface area contributed by atoms with Crippen LogP contribution in [0, 0.1) is 0 Å². The molecule has 0 radical (unpaired) electrons. The first-order valence-corrected chi connectivity index (χ1v) is 5.62. The summed E-state index contributed by atoms with van der Waals surface area (Å²) in [4.78, 5) is 22.8. The Morgan fingerprint density at radius 2 is 2.12 bits per heavy atom. The van der Waals surface area contributed by atoms with Gasteiger partial charge in [-0.2, -0.15) is 0 Å². The highest BCUT2D eigenvalue weighted by molar-refractivity contribution is 5.91. The van der Waals surface area contributed by atoms with Crippen LogP contribution in [-0.4, -0.2) is 24.5 Å². The third kappa shape index (κ3) is 3.29. The first-order chi connectivity index (χ1) is 8.25. The summed E-state index contributed by atoms with van der Waals surface area (Å²) in [5.74, 6) is -0.102. The zero-order chi connectivity index (χ0) is 12.1. The first kappa shape index (κ1) is 11.6. The van der Waals surface area contributed by atoms with Crippen LogP contribution >= 0.6 is 0 Å². The molecule has 2 rings (SSSR count). The third-order valence-corrected chi connectivity index (χ3v) is 2.65. The van der Waals surface area contributed by atoms with Crippen LogP contribution in [0.15, 0.2) is 30.3 Å². The van der Waals surface area contributed by atoms with E-state index in [1.165, 1.54) is 0 Å². The molecule has 0 saturated carbocycles. The van der Waals surface area contributed by atoms with Crippen LogP contribution < -0.4 is 16.0 Å². The number of hydrogen-bond acceptors (Lipinski definition) is 3. The highest BCUT2D eigenvalue weighted by Gasteiger charge is 2.23. The van der Waals surface area contributed by atoms with Crippen molar-refractivity contribution >= 4 is 17.5 Å². The lowest BCUT2D eigenvalue weighted by atomic mass is 10.1. The van der Waals surface area contributed by atoms with Gasteiger partial charge in [0, 0.05) is 12.1 Å². The summed E-state index contributed by atoms with van der Waals surface area (Å²) in [5, 5.41) is 8.43. The van der Waals surface area contributed by atoms with Crippen molar-refractivity contribution in [2.45, 2.75) is 18.9 Å². The minimum absolute atomic E-state index is 0.0301. The summed E-state index contributed by atoms with van der Waals surface area (Å²) in [6, 6.07) is 9.04. The van der Waals surface area contributed by atoms with Crippen molar-refractivity contribution in [1.82, 2.24) is 10.6 Å². The minimum Gasteiger partial charge on any atom is -0.342 e. The predicted octanol–water partition coefficient (Wildman–Crippen LogP) is 0.451. The Morgan fingerprint density at radius 1 is 1.35 bits per heavy atom. The first-order valence-electron chi connectivity index (χ1n) is 5.62. The smallest absolute Gasteiger partial charge is 0.238 e. The van der Waals surface area contributed by atoms with Crippen molar-refractivity contribution in [3.05, 3.63) is 30.3 Å². The van der Waals surface area contributed by atoms with Gasteiger partial charge in [0.25, 0.3) is 0 Å². The number of nitrogens with one attached hydrogen (secondary N) is 3. The molecule has 1 saturated heterocycles. The van der Waals surface area contributed by atoms with E-state index in [-0.39, 0.29) is 17.9 Å². The van der Waals surface area contributed by atoms with Crippen molar-refractivity contribution in [3.8, 4) is 0 Å². The second-order valence-corrected chi connectivity index (χ2v) is 3.93. The van der Waals surface area contributed by atoms with Crippen LogP contribution in [0.25, 0.3) is 0 Å². The number of anilines is 1. The largest absolute Gasteiger partial charge is 0.342 e. The molecule has 0 spiro atoms. The van der Waals surface area contributed by atoms with Crippen LogP contribution in [-0.2, 0) is 9.59 Å². The molecule has 1 heterocycles. The third-order valence-electron chi connectivity index (χ3n) is 2.65. The van der Waals surface area contributed by atoms with E-state index in [1.54, 1.807) is 0 Å². The van der Waals surface area contributed by atoms with Crippen LogP contribution in [0.3, 0.4) is 0 Å². The molecule has 1 aromatic carbocycles. The summed E-state index contributed by atoms with van der Waals surface area (Å²) in [6.45, 7) is 0.490. The molecule has 90 valence electrons. The van der Waals surface area contributed by atoms with Crippen molar-refractivity contribution in [2.24, 2.45) is 0 Å². The number of hydrogen-bond donors (Lipinski definition) is 3.